The molecule has 0 spiro atoms. The summed E-state index contributed by atoms with van der Waals surface area (Å²) in [5.74, 6) is 0.0654. The fraction of sp³-hybridized carbons (Fsp3) is 0.556. The Kier molecular flexibility index (Phi) is 8.25. The van der Waals surface area contributed by atoms with E-state index in [9.17, 15) is 18.4 Å². The molecule has 1 aliphatic heterocycles. The highest BCUT2D eigenvalue weighted by atomic mass is 19.3. The Morgan fingerprint density at radius 3 is 2.48 bits per heavy atom. The Morgan fingerprint density at radius 2 is 1.89 bits per heavy atom. The number of benzene rings is 1. The minimum absolute atomic E-state index is 0.0489. The predicted molar refractivity (Wildman–Crippen MR) is 93.9 cm³/mol. The van der Waals surface area contributed by atoms with Crippen LogP contribution in [-0.4, -0.2) is 69.4 Å². The van der Waals surface area contributed by atoms with Crippen molar-refractivity contribution in [1.82, 2.24) is 10.2 Å². The van der Waals surface area contributed by atoms with E-state index in [1.54, 1.807) is 24.0 Å². The molecule has 150 valence electrons. The summed E-state index contributed by atoms with van der Waals surface area (Å²) in [5.41, 5.74) is 0.923. The number of hydrogen-bond donors (Lipinski definition) is 2. The van der Waals surface area contributed by atoms with Crippen molar-refractivity contribution in [1.29, 1.82) is 0 Å². The topological polar surface area (TPSA) is 72.3 Å². The summed E-state index contributed by atoms with van der Waals surface area (Å²) in [4.78, 5) is 26.5. The molecule has 0 unspecified atom stereocenters. The van der Waals surface area contributed by atoms with Crippen molar-refractivity contribution in [2.45, 2.75) is 20.0 Å². The molecule has 27 heavy (non-hydrogen) atoms. The van der Waals surface area contributed by atoms with Crippen LogP contribution in [0.3, 0.4) is 0 Å². The van der Waals surface area contributed by atoms with Gasteiger partial charge in [-0.2, -0.15) is 8.78 Å². The summed E-state index contributed by atoms with van der Waals surface area (Å²) in [6.07, 6.45) is 0.304. The maximum absolute atomic E-state index is 12.1. The molecule has 1 heterocycles. The number of quaternary nitrogens is 1. The molecule has 0 bridgehead atoms. The summed E-state index contributed by atoms with van der Waals surface area (Å²) >= 11 is 0. The minimum atomic E-state index is -2.84. The summed E-state index contributed by atoms with van der Waals surface area (Å²) < 4.78 is 33.5. The van der Waals surface area contributed by atoms with Crippen molar-refractivity contribution in [3.8, 4) is 5.75 Å². The van der Waals surface area contributed by atoms with Crippen LogP contribution in [0.1, 0.15) is 12.5 Å². The molecular formula is C18H26F2N3O4+. The second-order valence-electron chi connectivity index (χ2n) is 6.24. The van der Waals surface area contributed by atoms with Crippen LogP contribution in [0.4, 0.5) is 13.6 Å². The number of nitrogens with one attached hydrogen (secondary N) is 2. The molecule has 0 atom stereocenters. The van der Waals surface area contributed by atoms with Crippen LogP contribution in [0, 0.1) is 0 Å². The van der Waals surface area contributed by atoms with Gasteiger partial charge in [-0.05, 0) is 31.0 Å². The zero-order valence-corrected chi connectivity index (χ0v) is 15.4. The molecule has 1 aromatic carbocycles. The molecule has 0 radical (unpaired) electrons. The zero-order chi connectivity index (χ0) is 19.6. The number of rotatable bonds is 8. The molecule has 1 aromatic rings. The Bertz CT molecular complexity index is 605. The summed E-state index contributed by atoms with van der Waals surface area (Å²) in [5, 5.41) is 2.86. The molecule has 2 N–H and O–H groups in total. The van der Waals surface area contributed by atoms with Crippen LogP contribution < -0.4 is 15.0 Å². The fourth-order valence-electron chi connectivity index (χ4n) is 2.87. The van der Waals surface area contributed by atoms with Gasteiger partial charge in [0.05, 0.1) is 32.8 Å². The molecule has 2 amide bonds. The molecule has 7 nitrogen and oxygen atoms in total. The normalized spacial score (nSPS) is 14.9. The van der Waals surface area contributed by atoms with Gasteiger partial charge < -0.3 is 19.7 Å². The van der Waals surface area contributed by atoms with E-state index in [1.807, 2.05) is 0 Å². The zero-order valence-electron chi connectivity index (χ0n) is 15.4. The maximum Gasteiger partial charge on any atom is 0.410 e. The van der Waals surface area contributed by atoms with Gasteiger partial charge in [-0.3, -0.25) is 9.69 Å². The van der Waals surface area contributed by atoms with Crippen molar-refractivity contribution in [2.24, 2.45) is 0 Å². The molecule has 1 fully saturated rings. The van der Waals surface area contributed by atoms with Crippen LogP contribution in [-0.2, 0) is 16.0 Å². The Labute approximate surface area is 157 Å². The summed E-state index contributed by atoms with van der Waals surface area (Å²) in [6, 6.07) is 6.36. The highest BCUT2D eigenvalue weighted by Crippen LogP contribution is 2.14. The monoisotopic (exact) mass is 386 g/mol. The molecule has 1 aliphatic rings. The van der Waals surface area contributed by atoms with Crippen molar-refractivity contribution in [3.05, 3.63) is 29.8 Å². The quantitative estimate of drug-likeness (QED) is 0.674. The lowest BCUT2D eigenvalue weighted by Crippen LogP contribution is -3.15. The third-order valence-corrected chi connectivity index (χ3v) is 4.29. The summed E-state index contributed by atoms with van der Waals surface area (Å²) in [6.45, 7) is 2.69. The fourth-order valence-corrected chi connectivity index (χ4v) is 2.87. The van der Waals surface area contributed by atoms with E-state index >= 15 is 0 Å². The van der Waals surface area contributed by atoms with Crippen LogP contribution in [0.2, 0.25) is 0 Å². The van der Waals surface area contributed by atoms with E-state index in [0.717, 1.165) is 10.5 Å². The Balaban J connectivity index is 1.63. The number of piperazine rings is 1. The second-order valence-corrected chi connectivity index (χ2v) is 6.24. The van der Waals surface area contributed by atoms with E-state index in [1.165, 1.54) is 12.1 Å². The van der Waals surface area contributed by atoms with Crippen LogP contribution in [0.15, 0.2) is 24.3 Å². The van der Waals surface area contributed by atoms with E-state index in [4.69, 9.17) is 4.74 Å². The first kappa shape index (κ1) is 20.9. The van der Waals surface area contributed by atoms with Gasteiger partial charge in [-0.15, -0.1) is 0 Å². The number of halogens is 2. The van der Waals surface area contributed by atoms with E-state index in [2.05, 4.69) is 10.1 Å². The Hall–Kier alpha value is -2.42. The smallest absolute Gasteiger partial charge is 0.410 e. The van der Waals surface area contributed by atoms with Crippen molar-refractivity contribution >= 4 is 12.0 Å². The van der Waals surface area contributed by atoms with Crippen LogP contribution >= 0.6 is 0 Å². The average molecular weight is 386 g/mol. The van der Waals surface area contributed by atoms with Crippen LogP contribution in [0.5, 0.6) is 5.75 Å². The minimum Gasteiger partial charge on any atom is -0.450 e. The molecule has 0 saturated carbocycles. The number of alkyl halides is 2. The number of carbonyl (C=O) groups is 2. The molecule has 0 aromatic heterocycles. The van der Waals surface area contributed by atoms with Gasteiger partial charge in [-0.1, -0.05) is 12.1 Å². The number of nitrogens with zero attached hydrogens (tertiary/aromatic N) is 1. The van der Waals surface area contributed by atoms with E-state index < -0.39 is 6.61 Å². The molecule has 9 heteroatoms. The lowest BCUT2D eigenvalue weighted by atomic mass is 10.1. The van der Waals surface area contributed by atoms with E-state index in [0.29, 0.717) is 52.3 Å². The van der Waals surface area contributed by atoms with Gasteiger partial charge in [-0.25, -0.2) is 4.79 Å². The van der Waals surface area contributed by atoms with Crippen molar-refractivity contribution in [3.63, 3.8) is 0 Å². The first-order valence-electron chi connectivity index (χ1n) is 9.03. The van der Waals surface area contributed by atoms with Crippen molar-refractivity contribution in [2.75, 3.05) is 45.9 Å². The van der Waals surface area contributed by atoms with Crippen molar-refractivity contribution < 1.29 is 32.7 Å². The van der Waals surface area contributed by atoms with Gasteiger partial charge >= 0.3 is 12.7 Å². The molecule has 2 rings (SSSR count). The first-order chi connectivity index (χ1) is 13.0. The second kappa shape index (κ2) is 10.7. The highest BCUT2D eigenvalue weighted by molar-refractivity contribution is 5.76. The number of amides is 2. The Morgan fingerprint density at radius 1 is 1.22 bits per heavy atom. The van der Waals surface area contributed by atoms with Gasteiger partial charge in [0, 0.05) is 6.54 Å². The maximum atomic E-state index is 12.1. The SMILES string of the molecule is CCOC(=O)N1CC[NH+](CC(=O)NCCc2ccc(OC(F)F)cc2)CC1. The van der Waals surface area contributed by atoms with Gasteiger partial charge in [0.25, 0.3) is 5.91 Å². The molecular weight excluding hydrogens is 360 g/mol. The highest BCUT2D eigenvalue weighted by Gasteiger charge is 2.25. The first-order valence-corrected chi connectivity index (χ1v) is 9.03. The summed E-state index contributed by atoms with van der Waals surface area (Å²) in [7, 11) is 0. The van der Waals surface area contributed by atoms with Crippen LogP contribution in [0.25, 0.3) is 0 Å². The lowest BCUT2D eigenvalue weighted by molar-refractivity contribution is -0.896. The predicted octanol–water partition coefficient (Wildman–Crippen LogP) is 0.304. The number of hydrogen-bond acceptors (Lipinski definition) is 4. The average Bonchev–Trinajstić information content (AvgIpc) is 2.63. The van der Waals surface area contributed by atoms with Gasteiger partial charge in [0.2, 0.25) is 0 Å². The number of ether oxygens (including phenoxy) is 2. The third kappa shape index (κ3) is 7.38. The lowest BCUT2D eigenvalue weighted by Gasteiger charge is -2.31. The molecule has 0 aliphatic carbocycles. The standard InChI is InChI=1S/C18H25F2N3O4/c1-2-26-18(25)23-11-9-22(10-12-23)13-16(24)21-8-7-14-3-5-15(6-4-14)27-17(19)20/h3-6,17H,2,7-13H2,1H3,(H,21,24)/p+1. The van der Waals surface area contributed by atoms with E-state index in [-0.39, 0.29) is 17.7 Å². The largest absolute Gasteiger partial charge is 0.450 e. The van der Waals surface area contributed by atoms with Gasteiger partial charge in [0.1, 0.15) is 5.75 Å². The van der Waals surface area contributed by atoms with Gasteiger partial charge in [0.15, 0.2) is 6.54 Å². The number of carbonyl (C=O) groups excluding carboxylic acids is 2. The third-order valence-electron chi connectivity index (χ3n) is 4.29. The molecule has 1 saturated heterocycles.